The van der Waals surface area contributed by atoms with E-state index in [9.17, 15) is 9.59 Å². The molecule has 1 heterocycles. The number of carbonyl (C=O) groups excluding carboxylic acids is 2. The van der Waals surface area contributed by atoms with Gasteiger partial charge in [0, 0.05) is 4.47 Å². The molecule has 2 amide bonds. The van der Waals surface area contributed by atoms with E-state index < -0.39 is 0 Å². The van der Waals surface area contributed by atoms with Gasteiger partial charge in [-0.1, -0.05) is 28.1 Å². The van der Waals surface area contributed by atoms with Gasteiger partial charge >= 0.3 is 0 Å². The monoisotopic (exact) mass is 383 g/mol. The summed E-state index contributed by atoms with van der Waals surface area (Å²) in [5.41, 5.74) is 0.730. The number of allylic oxidation sites excluding steroid dienone is 2. The summed E-state index contributed by atoms with van der Waals surface area (Å²) in [6.45, 7) is 0. The third-order valence-corrected chi connectivity index (χ3v) is 8.05. The van der Waals surface area contributed by atoms with Crippen molar-refractivity contribution in [1.82, 2.24) is 0 Å². The van der Waals surface area contributed by atoms with E-state index in [2.05, 4.69) is 28.1 Å². The highest BCUT2D eigenvalue weighted by Crippen LogP contribution is 2.70. The van der Waals surface area contributed by atoms with Crippen molar-refractivity contribution in [3.8, 4) is 0 Å². The van der Waals surface area contributed by atoms with E-state index in [-0.39, 0.29) is 23.7 Å². The van der Waals surface area contributed by atoms with Crippen molar-refractivity contribution in [1.29, 1.82) is 0 Å². The number of benzene rings is 1. The van der Waals surface area contributed by atoms with E-state index in [0.717, 1.165) is 16.6 Å². The van der Waals surface area contributed by atoms with Crippen LogP contribution in [0, 0.1) is 47.3 Å². The van der Waals surface area contributed by atoms with Gasteiger partial charge in [-0.2, -0.15) is 0 Å². The molecule has 4 heteroatoms. The third-order valence-electron chi connectivity index (χ3n) is 7.52. The number of hydrogen-bond acceptors (Lipinski definition) is 2. The summed E-state index contributed by atoms with van der Waals surface area (Å²) in [5.74, 6) is 3.53. The molecule has 8 unspecified atom stereocenters. The number of hydrogen-bond donors (Lipinski definition) is 0. The molecule has 5 aliphatic rings. The molecule has 8 atom stereocenters. The zero-order chi connectivity index (χ0) is 16.2. The molecular weight excluding hydrogens is 366 g/mol. The van der Waals surface area contributed by atoms with E-state index in [1.54, 1.807) is 0 Å². The van der Waals surface area contributed by atoms with Gasteiger partial charge in [0.15, 0.2) is 0 Å². The van der Waals surface area contributed by atoms with Crippen molar-refractivity contribution in [2.45, 2.75) is 12.8 Å². The van der Waals surface area contributed by atoms with E-state index >= 15 is 0 Å². The maximum Gasteiger partial charge on any atom is 0.237 e. The van der Waals surface area contributed by atoms with Crippen molar-refractivity contribution < 1.29 is 9.59 Å². The van der Waals surface area contributed by atoms with Gasteiger partial charge in [-0.3, -0.25) is 14.5 Å². The predicted molar refractivity (Wildman–Crippen MR) is 92.9 cm³/mol. The molecule has 1 aliphatic heterocycles. The van der Waals surface area contributed by atoms with Crippen LogP contribution in [0.2, 0.25) is 0 Å². The molecule has 1 aromatic rings. The second-order valence-electron chi connectivity index (χ2n) is 8.21. The number of anilines is 1. The summed E-state index contributed by atoms with van der Waals surface area (Å²) >= 11 is 3.42. The third kappa shape index (κ3) is 1.46. The highest BCUT2D eigenvalue weighted by Gasteiger charge is 2.71. The summed E-state index contributed by atoms with van der Waals surface area (Å²) in [4.78, 5) is 27.8. The van der Waals surface area contributed by atoms with Gasteiger partial charge in [0.2, 0.25) is 11.8 Å². The normalized spacial score (nSPS) is 47.0. The van der Waals surface area contributed by atoms with Crippen LogP contribution in [-0.4, -0.2) is 11.8 Å². The molecule has 0 spiro atoms. The van der Waals surface area contributed by atoms with E-state index in [0.29, 0.717) is 35.5 Å². The number of rotatable bonds is 1. The van der Waals surface area contributed by atoms with Gasteiger partial charge < -0.3 is 0 Å². The van der Waals surface area contributed by atoms with Crippen LogP contribution < -0.4 is 4.90 Å². The average molecular weight is 384 g/mol. The van der Waals surface area contributed by atoms with Gasteiger partial charge in [0.05, 0.1) is 17.5 Å². The fourth-order valence-corrected chi connectivity index (χ4v) is 7.23. The van der Waals surface area contributed by atoms with Crippen LogP contribution in [0.15, 0.2) is 40.9 Å². The van der Waals surface area contributed by atoms with E-state index in [1.807, 2.05) is 24.3 Å². The molecule has 122 valence electrons. The first-order valence-corrected chi connectivity index (χ1v) is 9.76. The molecule has 3 nitrogen and oxygen atoms in total. The molecular formula is C20H18BrNO2. The molecule has 0 N–H and O–H groups in total. The van der Waals surface area contributed by atoms with Gasteiger partial charge in [-0.25, -0.2) is 0 Å². The van der Waals surface area contributed by atoms with Crippen LogP contribution in [0.5, 0.6) is 0 Å². The van der Waals surface area contributed by atoms with Crippen LogP contribution >= 0.6 is 15.9 Å². The Hall–Kier alpha value is -1.42. The molecule has 3 saturated carbocycles. The Balaban J connectivity index is 1.40. The number of halogens is 1. The lowest BCUT2D eigenvalue weighted by Gasteiger charge is -2.36. The SMILES string of the molecule is O=C1C2C3CC(C2C(=O)N1c1ccc(Br)cc1)C1C2C=CC(C2)C31. The zero-order valence-electron chi connectivity index (χ0n) is 13.1. The lowest BCUT2D eigenvalue weighted by molar-refractivity contribution is -0.123. The number of amides is 2. The minimum atomic E-state index is -0.0554. The number of fused-ring (bicyclic) bond motifs is 12. The second-order valence-corrected chi connectivity index (χ2v) is 9.12. The highest BCUT2D eigenvalue weighted by atomic mass is 79.9. The Bertz CT molecular complexity index is 758. The van der Waals surface area contributed by atoms with Crippen LogP contribution in [-0.2, 0) is 9.59 Å². The molecule has 24 heavy (non-hydrogen) atoms. The molecule has 0 radical (unpaired) electrons. The van der Waals surface area contributed by atoms with Gasteiger partial charge in [-0.15, -0.1) is 0 Å². The molecule has 4 aliphatic carbocycles. The Labute approximate surface area is 149 Å². The predicted octanol–water partition coefficient (Wildman–Crippen LogP) is 3.64. The number of imide groups is 1. The first kappa shape index (κ1) is 13.8. The van der Waals surface area contributed by atoms with Crippen molar-refractivity contribution in [2.24, 2.45) is 47.3 Å². The van der Waals surface area contributed by atoms with Crippen LogP contribution in [0.4, 0.5) is 5.69 Å². The Morgan fingerprint density at radius 1 is 0.833 bits per heavy atom. The molecule has 6 rings (SSSR count). The first-order chi connectivity index (χ1) is 11.6. The van der Waals surface area contributed by atoms with Crippen LogP contribution in [0.1, 0.15) is 12.8 Å². The summed E-state index contributed by atoms with van der Waals surface area (Å²) in [6.07, 6.45) is 7.14. The topological polar surface area (TPSA) is 37.4 Å². The summed E-state index contributed by atoms with van der Waals surface area (Å²) < 4.78 is 0.961. The molecule has 1 saturated heterocycles. The van der Waals surface area contributed by atoms with Crippen molar-refractivity contribution >= 4 is 33.4 Å². The summed E-state index contributed by atoms with van der Waals surface area (Å²) in [7, 11) is 0. The molecule has 0 aromatic heterocycles. The summed E-state index contributed by atoms with van der Waals surface area (Å²) in [6, 6.07) is 7.54. The minimum Gasteiger partial charge on any atom is -0.274 e. The molecule has 1 aromatic carbocycles. The molecule has 4 bridgehead atoms. The smallest absolute Gasteiger partial charge is 0.237 e. The van der Waals surface area contributed by atoms with E-state index in [1.165, 1.54) is 11.3 Å². The van der Waals surface area contributed by atoms with Crippen molar-refractivity contribution in [3.63, 3.8) is 0 Å². The largest absolute Gasteiger partial charge is 0.274 e. The standard InChI is InChI=1S/C20H18BrNO2/c21-11-3-5-12(6-4-11)22-19(23)17-13-8-14(18(17)20(22)24)16-10-2-1-9(7-10)15(13)16/h1-6,9-10,13-18H,7-8H2. The zero-order valence-corrected chi connectivity index (χ0v) is 14.7. The maximum atomic E-state index is 13.1. The van der Waals surface area contributed by atoms with Crippen LogP contribution in [0.3, 0.4) is 0 Å². The first-order valence-electron chi connectivity index (χ1n) is 8.97. The second kappa shape index (κ2) is 4.40. The number of nitrogens with zero attached hydrogens (tertiary/aromatic N) is 1. The Morgan fingerprint density at radius 2 is 1.38 bits per heavy atom. The quantitative estimate of drug-likeness (QED) is 0.421. The van der Waals surface area contributed by atoms with Gasteiger partial charge in [0.1, 0.15) is 0 Å². The summed E-state index contributed by atoms with van der Waals surface area (Å²) in [5, 5.41) is 0. The average Bonchev–Trinajstić information content (AvgIpc) is 3.35. The van der Waals surface area contributed by atoms with Gasteiger partial charge in [-0.05, 0) is 72.6 Å². The van der Waals surface area contributed by atoms with Crippen molar-refractivity contribution in [3.05, 3.63) is 40.9 Å². The Kier molecular flexibility index (Phi) is 2.53. The lowest BCUT2D eigenvalue weighted by atomic mass is 9.65. The highest BCUT2D eigenvalue weighted by molar-refractivity contribution is 9.10. The van der Waals surface area contributed by atoms with Crippen molar-refractivity contribution in [2.75, 3.05) is 4.90 Å². The van der Waals surface area contributed by atoms with Crippen LogP contribution in [0.25, 0.3) is 0 Å². The van der Waals surface area contributed by atoms with Gasteiger partial charge in [0.25, 0.3) is 0 Å². The fourth-order valence-electron chi connectivity index (χ4n) is 6.96. The maximum absolute atomic E-state index is 13.1. The van der Waals surface area contributed by atoms with E-state index in [4.69, 9.17) is 0 Å². The minimum absolute atomic E-state index is 0.0554. The Morgan fingerprint density at radius 3 is 1.92 bits per heavy atom. The molecule has 4 fully saturated rings. The fraction of sp³-hybridized carbons (Fsp3) is 0.500. The number of carbonyl (C=O) groups is 2. The lowest BCUT2D eigenvalue weighted by Crippen LogP contribution is -2.38.